The van der Waals surface area contributed by atoms with Gasteiger partial charge in [-0.3, -0.25) is 19.2 Å². The number of imide groups is 1. The molecule has 2 fully saturated rings. The van der Waals surface area contributed by atoms with Crippen molar-refractivity contribution in [1.82, 2.24) is 10.0 Å². The van der Waals surface area contributed by atoms with Gasteiger partial charge < -0.3 is 0 Å². The highest BCUT2D eigenvalue weighted by Gasteiger charge is 2.55. The third-order valence-electron chi connectivity index (χ3n) is 6.21. The maximum absolute atomic E-state index is 13.6. The smallest absolute Gasteiger partial charge is 0.273 e. The Bertz CT molecular complexity index is 1070. The molecule has 0 N–H and O–H groups in total. The Labute approximate surface area is 213 Å². The predicted molar refractivity (Wildman–Crippen MR) is 131 cm³/mol. The molecule has 2 aliphatic rings. The average molecular weight is 597 g/mol. The second-order valence-electron chi connectivity index (χ2n) is 8.27. The molecule has 6 nitrogen and oxygen atoms in total. The van der Waals surface area contributed by atoms with E-state index in [2.05, 4.69) is 31.9 Å². The summed E-state index contributed by atoms with van der Waals surface area (Å²) < 4.78 is 0. The second kappa shape index (κ2) is 9.68. The molecule has 0 aromatic heterocycles. The normalized spacial score (nSPS) is 25.5. The van der Waals surface area contributed by atoms with E-state index < -0.39 is 35.6 Å². The van der Waals surface area contributed by atoms with Gasteiger partial charge in [-0.15, -0.1) is 0 Å². The highest BCUT2D eigenvalue weighted by molar-refractivity contribution is 9.12. The summed E-state index contributed by atoms with van der Waals surface area (Å²) in [6.45, 7) is 1.53. The molecular formula is C24H21Br2ClN2O4. The third kappa shape index (κ3) is 4.53. The minimum Gasteiger partial charge on any atom is -0.292 e. The highest BCUT2D eigenvalue weighted by atomic mass is 79.9. The molecule has 1 aliphatic heterocycles. The molecule has 0 unspecified atom stereocenters. The molecule has 2 aromatic rings. The Hall–Kier alpha value is -2.03. The number of benzene rings is 2. The van der Waals surface area contributed by atoms with Crippen molar-refractivity contribution >= 4 is 67.0 Å². The van der Waals surface area contributed by atoms with Crippen LogP contribution in [0.3, 0.4) is 0 Å². The number of carbonyl (C=O) groups is 4. The zero-order chi connectivity index (χ0) is 23.9. The third-order valence-corrected chi connectivity index (χ3v) is 9.19. The number of hydrazine groups is 1. The number of hydrogen-bond donors (Lipinski definition) is 0. The molecule has 1 saturated heterocycles. The van der Waals surface area contributed by atoms with E-state index in [1.165, 1.54) is 19.1 Å². The first-order chi connectivity index (χ1) is 15.7. The summed E-state index contributed by atoms with van der Waals surface area (Å²) in [4.78, 5) is 53.8. The summed E-state index contributed by atoms with van der Waals surface area (Å²) in [7, 11) is 0. The Morgan fingerprint density at radius 3 is 1.94 bits per heavy atom. The van der Waals surface area contributed by atoms with E-state index in [0.717, 1.165) is 10.0 Å². The summed E-state index contributed by atoms with van der Waals surface area (Å²) in [6.07, 6.45) is 0.928. The molecule has 172 valence electrons. The van der Waals surface area contributed by atoms with Crippen molar-refractivity contribution < 1.29 is 19.2 Å². The van der Waals surface area contributed by atoms with Crippen LogP contribution in [0, 0.1) is 11.8 Å². The summed E-state index contributed by atoms with van der Waals surface area (Å²) in [5.74, 6) is -2.99. The minimum absolute atomic E-state index is 0.0271. The Morgan fingerprint density at radius 2 is 1.42 bits per heavy atom. The van der Waals surface area contributed by atoms with Crippen LogP contribution in [0.5, 0.6) is 0 Å². The Kier molecular flexibility index (Phi) is 7.07. The number of ketones is 1. The molecule has 1 saturated carbocycles. The van der Waals surface area contributed by atoms with Gasteiger partial charge in [0.2, 0.25) is 0 Å². The fourth-order valence-corrected chi connectivity index (χ4v) is 5.77. The Balaban J connectivity index is 1.74. The van der Waals surface area contributed by atoms with Crippen molar-refractivity contribution in [2.24, 2.45) is 11.8 Å². The minimum atomic E-state index is -1.08. The van der Waals surface area contributed by atoms with Crippen LogP contribution in [0.2, 0.25) is 5.02 Å². The van der Waals surface area contributed by atoms with E-state index in [4.69, 9.17) is 11.6 Å². The maximum Gasteiger partial charge on any atom is 0.273 e. The molecule has 9 heteroatoms. The first-order valence-corrected chi connectivity index (χ1v) is 12.8. The number of fused-ring (bicyclic) bond motifs is 1. The van der Waals surface area contributed by atoms with Crippen molar-refractivity contribution in [1.29, 1.82) is 0 Å². The van der Waals surface area contributed by atoms with Crippen molar-refractivity contribution in [3.63, 3.8) is 0 Å². The molecule has 1 aliphatic carbocycles. The lowest BCUT2D eigenvalue weighted by Crippen LogP contribution is -2.56. The van der Waals surface area contributed by atoms with Gasteiger partial charge in [0, 0.05) is 25.8 Å². The van der Waals surface area contributed by atoms with Crippen molar-refractivity contribution in [2.45, 2.75) is 35.5 Å². The van der Waals surface area contributed by atoms with Crippen LogP contribution >= 0.6 is 43.5 Å². The summed E-state index contributed by atoms with van der Waals surface area (Å²) in [5.41, 5.74) is 0.607. The van der Waals surface area contributed by atoms with Gasteiger partial charge in [0.1, 0.15) is 6.04 Å². The molecule has 1 heterocycles. The van der Waals surface area contributed by atoms with E-state index in [-0.39, 0.29) is 21.0 Å². The number of nitrogens with zero attached hydrogens (tertiary/aromatic N) is 2. The van der Waals surface area contributed by atoms with E-state index in [1.807, 2.05) is 0 Å². The largest absolute Gasteiger partial charge is 0.292 e. The lowest BCUT2D eigenvalue weighted by atomic mass is 9.81. The number of halogens is 3. The monoisotopic (exact) mass is 594 g/mol. The lowest BCUT2D eigenvalue weighted by Gasteiger charge is -2.34. The van der Waals surface area contributed by atoms with Crippen LogP contribution in [0.25, 0.3) is 0 Å². The number of hydrogen-bond acceptors (Lipinski definition) is 4. The van der Waals surface area contributed by atoms with Crippen LogP contribution in [0.15, 0.2) is 54.6 Å². The molecular weight excluding hydrogens is 576 g/mol. The van der Waals surface area contributed by atoms with Gasteiger partial charge in [-0.1, -0.05) is 73.8 Å². The summed E-state index contributed by atoms with van der Waals surface area (Å²) in [6, 6.07) is 13.5. The molecule has 2 aromatic carbocycles. The summed E-state index contributed by atoms with van der Waals surface area (Å²) >= 11 is 13.1. The van der Waals surface area contributed by atoms with Crippen molar-refractivity contribution in [3.05, 3.63) is 70.7 Å². The lowest BCUT2D eigenvalue weighted by molar-refractivity contribution is -0.156. The van der Waals surface area contributed by atoms with Crippen LogP contribution in [-0.2, 0) is 9.59 Å². The fourth-order valence-electron chi connectivity index (χ4n) is 4.41. The first kappa shape index (κ1) is 24.1. The zero-order valence-corrected chi connectivity index (χ0v) is 21.6. The number of rotatable bonds is 5. The van der Waals surface area contributed by atoms with Gasteiger partial charge in [-0.2, -0.15) is 5.01 Å². The van der Waals surface area contributed by atoms with Gasteiger partial charge in [-0.05, 0) is 44.0 Å². The van der Waals surface area contributed by atoms with Crippen LogP contribution in [0.4, 0.5) is 0 Å². The maximum atomic E-state index is 13.6. The van der Waals surface area contributed by atoms with Gasteiger partial charge in [0.25, 0.3) is 17.7 Å². The second-order valence-corrected chi connectivity index (χ2v) is 11.1. The molecule has 0 radical (unpaired) electrons. The fraction of sp³-hybridized carbons (Fsp3) is 0.333. The first-order valence-electron chi connectivity index (χ1n) is 10.5. The van der Waals surface area contributed by atoms with Crippen LogP contribution < -0.4 is 0 Å². The van der Waals surface area contributed by atoms with Crippen LogP contribution in [-0.4, -0.2) is 49.2 Å². The molecule has 3 amide bonds. The van der Waals surface area contributed by atoms with E-state index in [1.54, 1.807) is 42.5 Å². The average Bonchev–Trinajstić information content (AvgIpc) is 3.04. The zero-order valence-electron chi connectivity index (χ0n) is 17.7. The number of amides is 3. The summed E-state index contributed by atoms with van der Waals surface area (Å²) in [5, 5.41) is 2.37. The number of carbonyl (C=O) groups excluding carboxylic acids is 4. The number of alkyl halides is 2. The SMILES string of the molecule is C[C@H](C(=O)c1ccccc1)N(C(=O)c1ccc(Cl)cc1)N1C(=O)[C@@H]2C[C@H](Br)[C@@H](Br)C[C@H]2C1=O. The standard InChI is InChI=1S/C24H21Br2ClN2O4/c1-13(21(30)14-5-3-2-4-6-14)28(22(31)15-7-9-16(27)10-8-15)29-23(32)17-11-19(25)20(26)12-18(17)24(29)33/h2-10,13,17-20H,11-12H2,1H3/t13-,17-,18-,19+,20+/m1/s1. The van der Waals surface area contributed by atoms with Gasteiger partial charge in [0.05, 0.1) is 11.8 Å². The highest BCUT2D eigenvalue weighted by Crippen LogP contribution is 2.44. The molecule has 5 atom stereocenters. The number of Topliss-reactive ketones (excluding diaryl/α,β-unsaturated/α-hetero) is 1. The van der Waals surface area contributed by atoms with Crippen molar-refractivity contribution in [2.75, 3.05) is 0 Å². The molecule has 33 heavy (non-hydrogen) atoms. The topological polar surface area (TPSA) is 74.8 Å². The van der Waals surface area contributed by atoms with E-state index in [0.29, 0.717) is 23.4 Å². The molecule has 4 rings (SSSR count). The quantitative estimate of drug-likeness (QED) is 0.280. The van der Waals surface area contributed by atoms with E-state index in [9.17, 15) is 19.2 Å². The van der Waals surface area contributed by atoms with E-state index >= 15 is 0 Å². The molecule has 0 spiro atoms. The predicted octanol–water partition coefficient (Wildman–Crippen LogP) is 4.89. The van der Waals surface area contributed by atoms with Crippen molar-refractivity contribution in [3.8, 4) is 0 Å². The van der Waals surface area contributed by atoms with Gasteiger partial charge in [0.15, 0.2) is 5.78 Å². The molecule has 0 bridgehead atoms. The van der Waals surface area contributed by atoms with Gasteiger partial charge in [-0.25, -0.2) is 5.01 Å². The Morgan fingerprint density at radius 1 is 0.909 bits per heavy atom. The van der Waals surface area contributed by atoms with Crippen LogP contribution in [0.1, 0.15) is 40.5 Å². The van der Waals surface area contributed by atoms with Gasteiger partial charge >= 0.3 is 0 Å².